The topological polar surface area (TPSA) is 68.3 Å². The van der Waals surface area contributed by atoms with Crippen LogP contribution in [0, 0.1) is 0 Å². The fourth-order valence-electron chi connectivity index (χ4n) is 1.76. The lowest BCUT2D eigenvalue weighted by atomic mass is 10.1. The molecule has 0 spiro atoms. The van der Waals surface area contributed by atoms with Crippen molar-refractivity contribution < 1.29 is 17.0 Å². The SMILES string of the molecule is O=S(=O)(F)c1ncc(NC2CCOCC2)cc1Br. The summed E-state index contributed by atoms with van der Waals surface area (Å²) in [7, 11) is -4.79. The van der Waals surface area contributed by atoms with Crippen LogP contribution in [0.15, 0.2) is 21.8 Å². The van der Waals surface area contributed by atoms with E-state index in [1.807, 2.05) is 0 Å². The van der Waals surface area contributed by atoms with Gasteiger partial charge in [-0.2, -0.15) is 8.42 Å². The summed E-state index contributed by atoms with van der Waals surface area (Å²) < 4.78 is 39.7. The van der Waals surface area contributed by atoms with E-state index in [0.29, 0.717) is 18.9 Å². The van der Waals surface area contributed by atoms with Crippen molar-refractivity contribution in [3.8, 4) is 0 Å². The maximum absolute atomic E-state index is 12.8. The third-order valence-electron chi connectivity index (χ3n) is 2.63. The fraction of sp³-hybridized carbons (Fsp3) is 0.500. The van der Waals surface area contributed by atoms with Gasteiger partial charge in [0.15, 0.2) is 0 Å². The van der Waals surface area contributed by atoms with Gasteiger partial charge in [-0.15, -0.1) is 0 Å². The lowest BCUT2D eigenvalue weighted by molar-refractivity contribution is 0.0904. The molecule has 0 aromatic carbocycles. The van der Waals surface area contributed by atoms with Gasteiger partial charge in [0.05, 0.1) is 16.4 Å². The van der Waals surface area contributed by atoms with Crippen LogP contribution in [0.2, 0.25) is 0 Å². The second kappa shape index (κ2) is 5.50. The highest BCUT2D eigenvalue weighted by molar-refractivity contribution is 9.10. The smallest absolute Gasteiger partial charge is 0.350 e. The van der Waals surface area contributed by atoms with Crippen molar-refractivity contribution in [3.63, 3.8) is 0 Å². The third-order valence-corrected chi connectivity index (χ3v) is 4.28. The Morgan fingerprint density at radius 1 is 1.44 bits per heavy atom. The Kier molecular flexibility index (Phi) is 4.18. The molecule has 0 radical (unpaired) electrons. The summed E-state index contributed by atoms with van der Waals surface area (Å²) in [5.74, 6) is 0. The number of aromatic nitrogens is 1. The van der Waals surface area contributed by atoms with Gasteiger partial charge in [-0.05, 0) is 34.8 Å². The van der Waals surface area contributed by atoms with Gasteiger partial charge in [0.2, 0.25) is 5.03 Å². The van der Waals surface area contributed by atoms with E-state index in [9.17, 15) is 12.3 Å². The average Bonchev–Trinajstić information content (AvgIpc) is 2.28. The zero-order valence-corrected chi connectivity index (χ0v) is 11.8. The van der Waals surface area contributed by atoms with E-state index in [-0.39, 0.29) is 10.5 Å². The highest BCUT2D eigenvalue weighted by Gasteiger charge is 2.19. The molecule has 0 bridgehead atoms. The van der Waals surface area contributed by atoms with E-state index in [4.69, 9.17) is 4.74 Å². The predicted octanol–water partition coefficient (Wildman–Crippen LogP) is 2.09. The van der Waals surface area contributed by atoms with Gasteiger partial charge in [-0.25, -0.2) is 4.98 Å². The van der Waals surface area contributed by atoms with Crippen molar-refractivity contribution in [2.75, 3.05) is 18.5 Å². The summed E-state index contributed by atoms with van der Waals surface area (Å²) in [6.07, 6.45) is 3.06. The van der Waals surface area contributed by atoms with Crippen LogP contribution >= 0.6 is 15.9 Å². The van der Waals surface area contributed by atoms with Crippen LogP contribution in [-0.2, 0) is 15.0 Å². The number of ether oxygens (including phenoxy) is 1. The number of hydrogen-bond donors (Lipinski definition) is 1. The maximum atomic E-state index is 12.8. The molecule has 2 rings (SSSR count). The molecule has 1 aromatic rings. The number of pyridine rings is 1. The molecule has 100 valence electrons. The summed E-state index contributed by atoms with van der Waals surface area (Å²) >= 11 is 3.00. The first-order chi connectivity index (χ1) is 8.47. The molecule has 0 aliphatic carbocycles. The summed E-state index contributed by atoms with van der Waals surface area (Å²) in [5, 5.41) is 2.61. The molecule has 5 nitrogen and oxygen atoms in total. The second-order valence-corrected chi connectivity index (χ2v) is 6.10. The molecular weight excluding hydrogens is 327 g/mol. The van der Waals surface area contributed by atoms with E-state index in [1.165, 1.54) is 12.3 Å². The van der Waals surface area contributed by atoms with Gasteiger partial charge >= 0.3 is 10.2 Å². The van der Waals surface area contributed by atoms with Gasteiger partial charge < -0.3 is 10.1 Å². The molecule has 1 aromatic heterocycles. The summed E-state index contributed by atoms with van der Waals surface area (Å²) in [6, 6.07) is 1.77. The lowest BCUT2D eigenvalue weighted by Crippen LogP contribution is -2.27. The molecule has 8 heteroatoms. The Labute approximate surface area is 113 Å². The number of nitrogens with one attached hydrogen (secondary N) is 1. The number of rotatable bonds is 3. The standard InChI is InChI=1S/C10H12BrFN2O3S/c11-9-5-8(6-13-10(9)18(12,15)16)14-7-1-3-17-4-2-7/h5-7,14H,1-4H2. The summed E-state index contributed by atoms with van der Waals surface area (Å²) in [6.45, 7) is 1.40. The van der Waals surface area contributed by atoms with Crippen LogP contribution in [0.3, 0.4) is 0 Å². The zero-order chi connectivity index (χ0) is 13.2. The number of halogens is 2. The van der Waals surface area contributed by atoms with Crippen LogP contribution in [0.25, 0.3) is 0 Å². The van der Waals surface area contributed by atoms with Gasteiger partial charge in [-0.1, -0.05) is 3.89 Å². The number of nitrogens with zero attached hydrogens (tertiary/aromatic N) is 1. The van der Waals surface area contributed by atoms with E-state index >= 15 is 0 Å². The number of hydrogen-bond acceptors (Lipinski definition) is 5. The van der Waals surface area contributed by atoms with E-state index < -0.39 is 15.2 Å². The minimum atomic E-state index is -4.79. The van der Waals surface area contributed by atoms with Crippen LogP contribution in [0.5, 0.6) is 0 Å². The Morgan fingerprint density at radius 3 is 2.67 bits per heavy atom. The van der Waals surface area contributed by atoms with Gasteiger partial charge in [0.1, 0.15) is 0 Å². The minimum absolute atomic E-state index is 0.113. The molecule has 0 saturated carbocycles. The van der Waals surface area contributed by atoms with Crippen molar-refractivity contribution in [2.45, 2.75) is 23.9 Å². The molecule has 1 saturated heterocycles. The van der Waals surface area contributed by atoms with Crippen molar-refractivity contribution >= 4 is 31.8 Å². The van der Waals surface area contributed by atoms with Crippen LogP contribution in [0.4, 0.5) is 9.57 Å². The fourth-order valence-corrected chi connectivity index (χ4v) is 3.16. The van der Waals surface area contributed by atoms with Gasteiger partial charge in [0.25, 0.3) is 0 Å². The molecule has 2 heterocycles. The van der Waals surface area contributed by atoms with Gasteiger partial charge in [-0.3, -0.25) is 0 Å². The molecule has 1 N–H and O–H groups in total. The first-order valence-electron chi connectivity index (χ1n) is 5.41. The molecule has 0 atom stereocenters. The molecular formula is C10H12BrFN2O3S. The molecule has 1 fully saturated rings. The third kappa shape index (κ3) is 3.39. The van der Waals surface area contributed by atoms with Crippen molar-refractivity contribution in [2.24, 2.45) is 0 Å². The largest absolute Gasteiger partial charge is 0.381 e. The molecule has 1 aliphatic rings. The Morgan fingerprint density at radius 2 is 2.11 bits per heavy atom. The summed E-state index contributed by atoms with van der Waals surface area (Å²) in [4.78, 5) is 3.61. The van der Waals surface area contributed by atoms with Crippen molar-refractivity contribution in [3.05, 3.63) is 16.7 Å². The Bertz CT molecular complexity index is 532. The van der Waals surface area contributed by atoms with Crippen LogP contribution in [0.1, 0.15) is 12.8 Å². The first kappa shape index (κ1) is 13.7. The first-order valence-corrected chi connectivity index (χ1v) is 7.59. The Hall–Kier alpha value is -0.730. The normalized spacial score (nSPS) is 17.7. The predicted molar refractivity (Wildman–Crippen MR) is 67.7 cm³/mol. The quantitative estimate of drug-likeness (QED) is 0.854. The second-order valence-electron chi connectivity index (χ2n) is 3.98. The highest BCUT2D eigenvalue weighted by Crippen LogP contribution is 2.25. The summed E-state index contributed by atoms with van der Waals surface area (Å²) in [5.41, 5.74) is 0.654. The van der Waals surface area contributed by atoms with Crippen molar-refractivity contribution in [1.29, 1.82) is 0 Å². The number of anilines is 1. The monoisotopic (exact) mass is 338 g/mol. The van der Waals surface area contributed by atoms with Crippen LogP contribution < -0.4 is 5.32 Å². The molecule has 1 aliphatic heterocycles. The van der Waals surface area contributed by atoms with E-state index in [0.717, 1.165) is 12.8 Å². The Balaban J connectivity index is 2.13. The molecule has 0 amide bonds. The minimum Gasteiger partial charge on any atom is -0.381 e. The van der Waals surface area contributed by atoms with Gasteiger partial charge in [0, 0.05) is 19.3 Å². The average molecular weight is 339 g/mol. The highest BCUT2D eigenvalue weighted by atomic mass is 79.9. The lowest BCUT2D eigenvalue weighted by Gasteiger charge is -2.24. The van der Waals surface area contributed by atoms with E-state index in [1.54, 1.807) is 0 Å². The van der Waals surface area contributed by atoms with Crippen LogP contribution in [-0.4, -0.2) is 32.7 Å². The zero-order valence-electron chi connectivity index (χ0n) is 9.40. The van der Waals surface area contributed by atoms with Crippen molar-refractivity contribution in [1.82, 2.24) is 4.98 Å². The maximum Gasteiger partial charge on any atom is 0.350 e. The van der Waals surface area contributed by atoms with E-state index in [2.05, 4.69) is 26.2 Å². The molecule has 0 unspecified atom stereocenters. The molecule has 18 heavy (non-hydrogen) atoms.